The third-order valence-corrected chi connectivity index (χ3v) is 1.55. The minimum absolute atomic E-state index is 0.114. The van der Waals surface area contributed by atoms with E-state index in [1.54, 1.807) is 13.0 Å². The zero-order chi connectivity index (χ0) is 7.28. The molecule has 0 heterocycles. The van der Waals surface area contributed by atoms with Gasteiger partial charge in [-0.25, -0.2) is 0 Å². The quantitative estimate of drug-likeness (QED) is 0.315. The molecule has 0 aliphatic rings. The molecule has 0 N–H and O–H groups in total. The summed E-state index contributed by atoms with van der Waals surface area (Å²) in [6.07, 6.45) is 1.77. The molecule has 0 spiro atoms. The Hall–Kier alpha value is -0.573. The van der Waals surface area contributed by atoms with Gasteiger partial charge in [-0.2, -0.15) is 0 Å². The molecule has 0 atom stereocenters. The summed E-state index contributed by atoms with van der Waals surface area (Å²) < 4.78 is 4.81. The van der Waals surface area contributed by atoms with E-state index >= 15 is 0 Å². The summed E-state index contributed by atoms with van der Waals surface area (Å²) in [5.41, 5.74) is 0. The Kier molecular flexibility index (Phi) is 4.04. The molecule has 0 aliphatic heterocycles. The second-order valence-corrected chi connectivity index (χ2v) is 2.43. The molecule has 2 nitrogen and oxygen atoms in total. The number of hydrogen-bond donors (Lipinski definition) is 0. The third-order valence-electron chi connectivity index (χ3n) is 0.970. The summed E-state index contributed by atoms with van der Waals surface area (Å²) in [6.45, 7) is 3.62. The lowest BCUT2D eigenvalue weighted by Crippen LogP contribution is -2.00. The number of esters is 1. The summed E-state index contributed by atoms with van der Waals surface area (Å²) in [7, 11) is 0.879. The minimum Gasteiger partial charge on any atom is -0.432 e. The first-order valence-corrected chi connectivity index (χ1v) is 4.45. The number of rotatable bonds is 2. The molecule has 0 rings (SSSR count). The van der Waals surface area contributed by atoms with Gasteiger partial charge in [-0.1, -0.05) is 0 Å². The number of carbonyl (C=O) groups is 1. The van der Waals surface area contributed by atoms with Gasteiger partial charge >= 0.3 is 5.97 Å². The molecule has 0 saturated heterocycles. The van der Waals surface area contributed by atoms with Crippen LogP contribution in [0.2, 0.25) is 6.04 Å². The van der Waals surface area contributed by atoms with Crippen LogP contribution in [0.1, 0.15) is 13.8 Å². The Morgan fingerprint density at radius 3 is 2.67 bits per heavy atom. The molecule has 0 fully saturated rings. The lowest BCUT2D eigenvalue weighted by atomic mass is 10.5. The highest BCUT2D eigenvalue weighted by molar-refractivity contribution is 6.18. The number of ether oxygens (including phenoxy) is 1. The van der Waals surface area contributed by atoms with Crippen LogP contribution in [-0.4, -0.2) is 16.2 Å². The molecular weight excluding hydrogens is 132 g/mol. The molecule has 0 saturated carbocycles. The highest BCUT2D eigenvalue weighted by Gasteiger charge is 1.96. The lowest BCUT2D eigenvalue weighted by molar-refractivity contribution is -0.136. The van der Waals surface area contributed by atoms with E-state index in [4.69, 9.17) is 4.74 Å². The Balaban J connectivity index is 3.60. The van der Waals surface area contributed by atoms with Gasteiger partial charge in [0.25, 0.3) is 0 Å². The summed E-state index contributed by atoms with van der Waals surface area (Å²) in [5, 5.41) is 0. The van der Waals surface area contributed by atoms with E-state index in [1.165, 1.54) is 0 Å². The van der Waals surface area contributed by atoms with Gasteiger partial charge in [0.05, 0.1) is 0 Å². The Morgan fingerprint density at radius 2 is 2.33 bits per heavy atom. The summed E-state index contributed by atoms with van der Waals surface area (Å²) >= 11 is 0. The fourth-order valence-corrected chi connectivity index (χ4v) is 0.455. The fraction of sp³-hybridized carbons (Fsp3) is 0.500. The highest BCUT2D eigenvalue weighted by atomic mass is 28.1. The zero-order valence-corrected chi connectivity index (χ0v) is 8.10. The van der Waals surface area contributed by atoms with Crippen molar-refractivity contribution in [3.8, 4) is 0 Å². The summed E-state index contributed by atoms with van der Waals surface area (Å²) in [4.78, 5) is 10.6. The van der Waals surface area contributed by atoms with Crippen LogP contribution in [0.5, 0.6) is 0 Å². The van der Waals surface area contributed by atoms with Crippen LogP contribution >= 0.6 is 0 Å². The number of allylic oxidation sites excluding steroid dienone is 2. The molecule has 9 heavy (non-hydrogen) atoms. The fourth-order valence-electron chi connectivity index (χ4n) is 0.311. The van der Waals surface area contributed by atoms with Crippen molar-refractivity contribution in [2.24, 2.45) is 0 Å². The van der Waals surface area contributed by atoms with E-state index < -0.39 is 0 Å². The van der Waals surface area contributed by atoms with Crippen LogP contribution in [0, 0.1) is 0 Å². The minimum atomic E-state index is -0.114. The molecule has 3 heteroatoms. The van der Waals surface area contributed by atoms with Crippen molar-refractivity contribution in [1.82, 2.24) is 0 Å². The zero-order valence-electron chi connectivity index (χ0n) is 6.10. The van der Waals surface area contributed by atoms with E-state index in [-0.39, 0.29) is 5.97 Å². The molecular formula is C6H12O2Si. The van der Waals surface area contributed by atoms with Crippen LogP contribution < -0.4 is 0 Å². The molecule has 0 aromatic rings. The van der Waals surface area contributed by atoms with Crippen LogP contribution in [-0.2, 0) is 9.53 Å². The van der Waals surface area contributed by atoms with Gasteiger partial charge in [0, 0.05) is 16.3 Å². The van der Waals surface area contributed by atoms with Gasteiger partial charge in [-0.15, -0.1) is 0 Å². The van der Waals surface area contributed by atoms with Gasteiger partial charge < -0.3 is 4.74 Å². The van der Waals surface area contributed by atoms with Crippen molar-refractivity contribution in [2.45, 2.75) is 19.9 Å². The Labute approximate surface area is 58.3 Å². The molecule has 0 amide bonds. The predicted octanol–water partition coefficient (Wildman–Crippen LogP) is 0.237. The van der Waals surface area contributed by atoms with Gasteiger partial charge in [-0.05, 0) is 19.9 Å². The largest absolute Gasteiger partial charge is 0.432 e. The van der Waals surface area contributed by atoms with Gasteiger partial charge in [-0.3, -0.25) is 4.79 Å². The van der Waals surface area contributed by atoms with Gasteiger partial charge in [0.2, 0.25) is 0 Å². The van der Waals surface area contributed by atoms with E-state index in [2.05, 4.69) is 0 Å². The molecule has 0 radical (unpaired) electrons. The molecule has 0 aliphatic carbocycles. The monoisotopic (exact) mass is 144 g/mol. The van der Waals surface area contributed by atoms with E-state index in [0.29, 0.717) is 11.8 Å². The maximum Gasteiger partial charge on any atom is 0.307 e. The average molecular weight is 144 g/mol. The lowest BCUT2D eigenvalue weighted by Gasteiger charge is -1.99. The Morgan fingerprint density at radius 1 is 1.78 bits per heavy atom. The molecule has 0 aromatic carbocycles. The average Bonchev–Trinajstić information content (AvgIpc) is 1.87. The third kappa shape index (κ3) is 3.97. The first-order valence-electron chi connectivity index (χ1n) is 3.04. The second kappa shape index (κ2) is 4.32. The van der Waals surface area contributed by atoms with Crippen molar-refractivity contribution < 1.29 is 9.53 Å². The van der Waals surface area contributed by atoms with Crippen molar-refractivity contribution in [3.05, 3.63) is 11.8 Å². The first-order chi connectivity index (χ1) is 4.20. The predicted molar refractivity (Wildman–Crippen MR) is 40.3 cm³/mol. The maximum absolute atomic E-state index is 10.6. The van der Waals surface area contributed by atoms with Crippen molar-refractivity contribution in [3.63, 3.8) is 0 Å². The Bertz CT molecular complexity index is 129. The highest BCUT2D eigenvalue weighted by Crippen LogP contribution is 1.95. The van der Waals surface area contributed by atoms with Gasteiger partial charge in [0.15, 0.2) is 0 Å². The van der Waals surface area contributed by atoms with E-state index in [0.717, 1.165) is 10.2 Å². The van der Waals surface area contributed by atoms with Crippen LogP contribution in [0.3, 0.4) is 0 Å². The van der Waals surface area contributed by atoms with Crippen molar-refractivity contribution in [2.75, 3.05) is 0 Å². The summed E-state index contributed by atoms with van der Waals surface area (Å²) in [6, 6.07) is 0.575. The number of carbonyl (C=O) groups excluding carboxylic acids is 1. The van der Waals surface area contributed by atoms with E-state index in [1.807, 2.05) is 6.92 Å². The summed E-state index contributed by atoms with van der Waals surface area (Å²) in [5.74, 6) is 0.577. The topological polar surface area (TPSA) is 26.3 Å². The van der Waals surface area contributed by atoms with Crippen LogP contribution in [0.25, 0.3) is 0 Å². The number of hydrogen-bond acceptors (Lipinski definition) is 2. The van der Waals surface area contributed by atoms with Crippen LogP contribution in [0.4, 0.5) is 0 Å². The second-order valence-electron chi connectivity index (χ2n) is 1.73. The molecule has 0 unspecified atom stereocenters. The smallest absolute Gasteiger partial charge is 0.307 e. The van der Waals surface area contributed by atoms with Crippen molar-refractivity contribution >= 4 is 16.2 Å². The normalized spacial score (nSPS) is 11.6. The van der Waals surface area contributed by atoms with Crippen LogP contribution in [0.15, 0.2) is 11.8 Å². The molecule has 0 aromatic heterocycles. The SMILES string of the molecule is CC=C(C)OC(=O)C[SiH3]. The van der Waals surface area contributed by atoms with E-state index in [9.17, 15) is 4.79 Å². The van der Waals surface area contributed by atoms with Gasteiger partial charge in [0.1, 0.15) is 5.76 Å². The first kappa shape index (κ1) is 8.43. The van der Waals surface area contributed by atoms with Crippen molar-refractivity contribution in [1.29, 1.82) is 0 Å². The molecule has 52 valence electrons. The standard InChI is InChI=1S/C6H12O2Si/c1-3-5(2)8-6(7)4-9/h3H,4H2,1-2,9H3. The molecule has 0 bridgehead atoms. The maximum atomic E-state index is 10.6.